The number of urea groups is 1. The van der Waals surface area contributed by atoms with E-state index in [4.69, 9.17) is 5.26 Å². The van der Waals surface area contributed by atoms with Gasteiger partial charge in [0, 0.05) is 0 Å². The number of imide groups is 2. The largest absolute Gasteiger partial charge is 0.417 e. The van der Waals surface area contributed by atoms with E-state index in [9.17, 15) is 27.6 Å². The van der Waals surface area contributed by atoms with E-state index < -0.39 is 34.8 Å². The van der Waals surface area contributed by atoms with E-state index in [0.29, 0.717) is 21.4 Å². The van der Waals surface area contributed by atoms with Crippen molar-refractivity contribution in [3.05, 3.63) is 65.2 Å². The summed E-state index contributed by atoms with van der Waals surface area (Å²) in [5, 5.41) is 8.90. The molecule has 1 saturated heterocycles. The molecule has 1 fully saturated rings. The Hall–Kier alpha value is -3.67. The van der Waals surface area contributed by atoms with Gasteiger partial charge in [0.1, 0.15) is 0 Å². The Labute approximate surface area is 157 Å². The van der Waals surface area contributed by atoms with Crippen molar-refractivity contribution in [3.8, 4) is 6.07 Å². The van der Waals surface area contributed by atoms with Crippen LogP contribution < -0.4 is 4.90 Å². The number of nitriles is 1. The summed E-state index contributed by atoms with van der Waals surface area (Å²) in [4.78, 5) is 38.4. The normalized spacial score (nSPS) is 19.7. The molecule has 4 amide bonds. The number of halogens is 3. The van der Waals surface area contributed by atoms with Crippen LogP contribution in [0, 0.1) is 17.4 Å². The molecule has 28 heavy (non-hydrogen) atoms. The number of anilines is 1. The second-order valence-electron chi connectivity index (χ2n) is 6.10. The second kappa shape index (κ2) is 6.49. The first-order chi connectivity index (χ1) is 13.2. The van der Waals surface area contributed by atoms with Crippen molar-refractivity contribution < 1.29 is 27.6 Å². The molecule has 1 aliphatic rings. The van der Waals surface area contributed by atoms with Crippen molar-refractivity contribution in [1.29, 1.82) is 5.26 Å². The van der Waals surface area contributed by atoms with Gasteiger partial charge >= 0.3 is 12.2 Å². The number of hydrogen-bond acceptors (Lipinski definition) is 4. The molecule has 141 valence electrons. The first-order valence-electron chi connectivity index (χ1n) is 7.87. The molecule has 1 aliphatic heterocycles. The maximum Gasteiger partial charge on any atom is 0.417 e. The van der Waals surface area contributed by atoms with Gasteiger partial charge in [0.05, 0.1) is 22.9 Å². The van der Waals surface area contributed by atoms with Gasteiger partial charge < -0.3 is 0 Å². The van der Waals surface area contributed by atoms with Crippen molar-refractivity contribution in [2.45, 2.75) is 18.6 Å². The molecule has 0 bridgehead atoms. The van der Waals surface area contributed by atoms with Crippen LogP contribution >= 0.6 is 0 Å². The first-order valence-corrected chi connectivity index (χ1v) is 7.87. The summed E-state index contributed by atoms with van der Waals surface area (Å²) >= 11 is 0. The highest BCUT2D eigenvalue weighted by Crippen LogP contribution is 2.40. The third kappa shape index (κ3) is 2.70. The highest BCUT2D eigenvalue weighted by Gasteiger charge is 2.56. The minimum Gasteiger partial charge on any atom is -0.278 e. The lowest BCUT2D eigenvalue weighted by molar-refractivity contribution is -0.137. The van der Waals surface area contributed by atoms with Gasteiger partial charge in [-0.05, 0) is 36.8 Å². The average molecular weight is 386 g/mol. The van der Waals surface area contributed by atoms with E-state index in [-0.39, 0.29) is 12.1 Å². The molecule has 9 heteroatoms. The fourth-order valence-corrected chi connectivity index (χ4v) is 3.06. The molecule has 1 radical (unpaired) electrons. The molecule has 6 nitrogen and oxygen atoms in total. The Bertz CT molecular complexity index is 1010. The minimum absolute atomic E-state index is 0.158. The van der Waals surface area contributed by atoms with Gasteiger partial charge in [0.2, 0.25) is 6.41 Å². The van der Waals surface area contributed by atoms with Crippen LogP contribution in [0.3, 0.4) is 0 Å². The number of rotatable bonds is 3. The Morgan fingerprint density at radius 3 is 2.36 bits per heavy atom. The van der Waals surface area contributed by atoms with Gasteiger partial charge in [0.15, 0.2) is 5.54 Å². The molecule has 1 atom stereocenters. The van der Waals surface area contributed by atoms with Crippen LogP contribution in [0.1, 0.15) is 23.6 Å². The number of hydrogen-bond donors (Lipinski definition) is 0. The van der Waals surface area contributed by atoms with Crippen molar-refractivity contribution in [2.24, 2.45) is 0 Å². The standard InChI is InChI=1S/C19H11F3N3O3/c1-18(13-5-3-2-4-6-13)16(27)25(17(28)24(18)11-26)14-8-7-12(10-23)15(9-14)19(20,21)22/h3-9,11H,1H3. The molecule has 3 rings (SSSR count). The summed E-state index contributed by atoms with van der Waals surface area (Å²) in [6, 6.07) is 11.5. The summed E-state index contributed by atoms with van der Waals surface area (Å²) in [6.07, 6.45) is -4.71. The molecule has 2 aromatic rings. The first kappa shape index (κ1) is 19.1. The monoisotopic (exact) mass is 386 g/mol. The molecule has 2 aromatic carbocycles. The highest BCUT2D eigenvalue weighted by atomic mass is 19.4. The van der Waals surface area contributed by atoms with E-state index in [2.05, 4.69) is 6.07 Å². The zero-order chi connectivity index (χ0) is 20.7. The van der Waals surface area contributed by atoms with E-state index in [0.717, 1.165) is 12.1 Å². The second-order valence-corrected chi connectivity index (χ2v) is 6.10. The van der Waals surface area contributed by atoms with Crippen LogP contribution in [0.4, 0.5) is 23.7 Å². The molecule has 0 aliphatic carbocycles. The van der Waals surface area contributed by atoms with Gasteiger partial charge in [-0.3, -0.25) is 9.59 Å². The predicted octanol–water partition coefficient (Wildman–Crippen LogP) is 3.22. The maximum atomic E-state index is 13.2. The SMILES string of the molecule is CC1(c2cc[c]cc2)C(=O)N(c2ccc(C#N)c(C(F)(F)F)c2)C(=O)N1C=O. The maximum absolute atomic E-state index is 13.2. The minimum atomic E-state index is -4.87. The van der Waals surface area contributed by atoms with Gasteiger partial charge in [-0.1, -0.05) is 24.3 Å². The molecule has 0 N–H and O–H groups in total. The Morgan fingerprint density at radius 2 is 1.82 bits per heavy atom. The van der Waals surface area contributed by atoms with Crippen LogP contribution in [0.5, 0.6) is 0 Å². The molecule has 1 unspecified atom stereocenters. The van der Waals surface area contributed by atoms with Gasteiger partial charge in [-0.25, -0.2) is 14.6 Å². The van der Waals surface area contributed by atoms with Crippen LogP contribution in [0.2, 0.25) is 0 Å². The molecule has 0 aromatic heterocycles. The number of amides is 4. The van der Waals surface area contributed by atoms with Gasteiger partial charge in [0.25, 0.3) is 5.91 Å². The summed E-state index contributed by atoms with van der Waals surface area (Å²) in [5.74, 6) is -0.895. The smallest absolute Gasteiger partial charge is 0.278 e. The van der Waals surface area contributed by atoms with E-state index in [1.54, 1.807) is 0 Å². The van der Waals surface area contributed by atoms with Crippen molar-refractivity contribution in [3.63, 3.8) is 0 Å². The molecule has 0 spiro atoms. The molecular formula is C19H11F3N3O3. The number of nitrogens with zero attached hydrogens (tertiary/aromatic N) is 3. The van der Waals surface area contributed by atoms with Crippen LogP contribution in [0.25, 0.3) is 0 Å². The van der Waals surface area contributed by atoms with Crippen LogP contribution in [-0.4, -0.2) is 23.2 Å². The fraction of sp³-hybridized carbons (Fsp3) is 0.158. The number of carbonyl (C=O) groups is 3. The fourth-order valence-electron chi connectivity index (χ4n) is 3.06. The van der Waals surface area contributed by atoms with Crippen LogP contribution in [-0.2, 0) is 21.3 Å². The van der Waals surface area contributed by atoms with Crippen LogP contribution in [0.15, 0.2) is 42.5 Å². The number of alkyl halides is 3. The summed E-state index contributed by atoms with van der Waals surface area (Å²) in [5.41, 5.74) is -3.76. The lowest BCUT2D eigenvalue weighted by Gasteiger charge is -2.27. The van der Waals surface area contributed by atoms with Crippen molar-refractivity contribution >= 4 is 24.0 Å². The lowest BCUT2D eigenvalue weighted by atomic mass is 9.90. The van der Waals surface area contributed by atoms with Gasteiger partial charge in [-0.2, -0.15) is 18.4 Å². The number of carbonyl (C=O) groups excluding carboxylic acids is 3. The predicted molar refractivity (Wildman–Crippen MR) is 89.6 cm³/mol. The summed E-state index contributed by atoms with van der Waals surface area (Å²) in [7, 11) is 0. The molecule has 1 heterocycles. The van der Waals surface area contributed by atoms with Gasteiger partial charge in [-0.15, -0.1) is 0 Å². The van der Waals surface area contributed by atoms with Crippen molar-refractivity contribution in [1.82, 2.24) is 4.90 Å². The quantitative estimate of drug-likeness (QED) is 0.599. The average Bonchev–Trinajstić information content (AvgIpc) is 2.87. The Morgan fingerprint density at radius 1 is 1.18 bits per heavy atom. The third-order valence-corrected chi connectivity index (χ3v) is 4.57. The Kier molecular flexibility index (Phi) is 4.43. The van der Waals surface area contributed by atoms with E-state index in [1.165, 1.54) is 37.3 Å². The lowest BCUT2D eigenvalue weighted by Crippen LogP contribution is -2.43. The Balaban J connectivity index is 2.17. The van der Waals surface area contributed by atoms with E-state index >= 15 is 0 Å². The molecule has 0 saturated carbocycles. The molecular weight excluding hydrogens is 375 g/mol. The zero-order valence-corrected chi connectivity index (χ0v) is 14.3. The summed E-state index contributed by atoms with van der Waals surface area (Å²) in [6.45, 7) is 1.32. The summed E-state index contributed by atoms with van der Waals surface area (Å²) < 4.78 is 39.7. The highest BCUT2D eigenvalue weighted by molar-refractivity contribution is 6.25. The third-order valence-electron chi connectivity index (χ3n) is 4.57. The van der Waals surface area contributed by atoms with Crippen molar-refractivity contribution in [2.75, 3.05) is 4.90 Å². The van der Waals surface area contributed by atoms with E-state index in [1.807, 2.05) is 0 Å². The zero-order valence-electron chi connectivity index (χ0n) is 14.3. The topological polar surface area (TPSA) is 81.5 Å². The number of benzene rings is 2.